The molecule has 0 bridgehead atoms. The zero-order chi connectivity index (χ0) is 23.7. The number of rotatable bonds is 5. The van der Waals surface area contributed by atoms with Crippen molar-refractivity contribution < 1.29 is 24.2 Å². The molecule has 0 amide bonds. The Morgan fingerprint density at radius 2 is 1.21 bits per heavy atom. The van der Waals surface area contributed by atoms with Crippen LogP contribution >= 0.6 is 0 Å². The lowest BCUT2D eigenvalue weighted by Crippen LogP contribution is -2.39. The molecule has 170 valence electrons. The van der Waals surface area contributed by atoms with Crippen molar-refractivity contribution in [2.24, 2.45) is 0 Å². The Hall–Kier alpha value is -3.57. The van der Waals surface area contributed by atoms with E-state index >= 15 is 0 Å². The summed E-state index contributed by atoms with van der Waals surface area (Å²) in [6.45, 7) is 1.76. The molecule has 3 aromatic rings. The summed E-state index contributed by atoms with van der Waals surface area (Å²) in [5.74, 6) is -3.06. The zero-order valence-electron chi connectivity index (χ0n) is 18.7. The van der Waals surface area contributed by atoms with E-state index in [2.05, 4.69) is 0 Å². The molecule has 1 aliphatic rings. The molecule has 0 aliphatic heterocycles. The number of aryl methyl sites for hydroxylation is 1. The second-order valence-electron chi connectivity index (χ2n) is 8.10. The van der Waals surface area contributed by atoms with Crippen molar-refractivity contribution >= 4 is 17.5 Å². The van der Waals surface area contributed by atoms with Crippen LogP contribution in [0.5, 0.6) is 0 Å². The van der Waals surface area contributed by atoms with Gasteiger partial charge in [0.1, 0.15) is 0 Å². The second kappa shape index (κ2) is 11.3. The summed E-state index contributed by atoms with van der Waals surface area (Å²) in [4.78, 5) is 35.7. The molecule has 1 fully saturated rings. The van der Waals surface area contributed by atoms with Crippen molar-refractivity contribution in [1.82, 2.24) is 0 Å². The lowest BCUT2D eigenvalue weighted by molar-refractivity contribution is -0.215. The molecule has 5 heteroatoms. The van der Waals surface area contributed by atoms with Crippen molar-refractivity contribution in [1.29, 1.82) is 0 Å². The highest BCUT2D eigenvalue weighted by molar-refractivity contribution is 6.41. The summed E-state index contributed by atoms with van der Waals surface area (Å²) in [6.07, 6.45) is 3.44. The van der Waals surface area contributed by atoms with Gasteiger partial charge < -0.3 is 9.84 Å². The largest absolute Gasteiger partial charge is 0.427 e. The summed E-state index contributed by atoms with van der Waals surface area (Å²) in [5, 5.41) is 10.1. The van der Waals surface area contributed by atoms with Gasteiger partial charge in [0.2, 0.25) is 5.79 Å². The summed E-state index contributed by atoms with van der Waals surface area (Å²) in [5.41, 5.74) is 2.52. The van der Waals surface area contributed by atoms with Crippen molar-refractivity contribution in [3.05, 3.63) is 107 Å². The van der Waals surface area contributed by atoms with E-state index in [0.29, 0.717) is 18.4 Å². The van der Waals surface area contributed by atoms with Crippen LogP contribution in [-0.4, -0.2) is 28.4 Å². The third kappa shape index (κ3) is 6.70. The number of benzene rings is 3. The smallest absolute Gasteiger partial charge is 0.382 e. The highest BCUT2D eigenvalue weighted by Gasteiger charge is 2.35. The molecule has 0 saturated heterocycles. The first-order chi connectivity index (χ1) is 15.9. The summed E-state index contributed by atoms with van der Waals surface area (Å²) >= 11 is 0. The fraction of sp³-hybridized carbons (Fsp3) is 0.250. The molecule has 3 aromatic carbocycles. The quantitative estimate of drug-likeness (QED) is 0.250. The van der Waals surface area contributed by atoms with Crippen LogP contribution in [0.3, 0.4) is 0 Å². The fourth-order valence-electron chi connectivity index (χ4n) is 3.71. The number of ether oxygens (including phenoxy) is 1. The standard InChI is InChI=1S/C15H18O4.C13H10O/c1-11-7-3-4-8-12(11)13(16)14(17)19-15(18)9-5-2-6-10-15;14-13(11-7-3-1-4-8-11)12-9-5-2-6-10-12/h3-4,7-8,18H,2,5-6,9-10H2,1H3;1-10H. The Morgan fingerprint density at radius 3 is 1.73 bits per heavy atom. The number of hydrogen-bond acceptors (Lipinski definition) is 5. The van der Waals surface area contributed by atoms with Crippen molar-refractivity contribution in [3.8, 4) is 0 Å². The van der Waals surface area contributed by atoms with E-state index in [0.717, 1.165) is 36.0 Å². The molecule has 0 heterocycles. The summed E-state index contributed by atoms with van der Waals surface area (Å²) < 4.78 is 5.02. The number of aliphatic hydroxyl groups is 1. The van der Waals surface area contributed by atoms with Crippen LogP contribution in [0, 0.1) is 6.92 Å². The first-order valence-corrected chi connectivity index (χ1v) is 11.1. The van der Waals surface area contributed by atoms with E-state index in [4.69, 9.17) is 4.74 Å². The highest BCUT2D eigenvalue weighted by Crippen LogP contribution is 2.29. The minimum atomic E-state index is -1.46. The summed E-state index contributed by atoms with van der Waals surface area (Å²) in [6, 6.07) is 25.5. The van der Waals surface area contributed by atoms with Gasteiger partial charge in [-0.15, -0.1) is 0 Å². The molecule has 1 aliphatic carbocycles. The number of carbonyl (C=O) groups excluding carboxylic acids is 3. The van der Waals surface area contributed by atoms with E-state index in [-0.39, 0.29) is 5.78 Å². The van der Waals surface area contributed by atoms with Gasteiger partial charge in [-0.25, -0.2) is 4.79 Å². The fourth-order valence-corrected chi connectivity index (χ4v) is 3.71. The van der Waals surface area contributed by atoms with Crippen molar-refractivity contribution in [3.63, 3.8) is 0 Å². The molecule has 0 aromatic heterocycles. The molecule has 1 saturated carbocycles. The van der Waals surface area contributed by atoms with Crippen LogP contribution in [0.4, 0.5) is 0 Å². The average Bonchev–Trinajstić information content (AvgIpc) is 2.85. The Morgan fingerprint density at radius 1 is 0.727 bits per heavy atom. The van der Waals surface area contributed by atoms with E-state index in [1.807, 2.05) is 60.7 Å². The molecule has 0 unspecified atom stereocenters. The molecular weight excluding hydrogens is 416 g/mol. The molecule has 5 nitrogen and oxygen atoms in total. The molecule has 0 atom stereocenters. The van der Waals surface area contributed by atoms with Gasteiger partial charge in [-0.2, -0.15) is 0 Å². The van der Waals surface area contributed by atoms with Crippen LogP contribution < -0.4 is 0 Å². The van der Waals surface area contributed by atoms with Gasteiger partial charge in [0.15, 0.2) is 5.78 Å². The number of esters is 1. The third-order valence-electron chi connectivity index (χ3n) is 5.56. The molecule has 33 heavy (non-hydrogen) atoms. The molecule has 0 spiro atoms. The Bertz CT molecular complexity index is 1040. The van der Waals surface area contributed by atoms with Gasteiger partial charge in [0.05, 0.1) is 0 Å². The van der Waals surface area contributed by atoms with E-state index < -0.39 is 17.5 Å². The van der Waals surface area contributed by atoms with Crippen LogP contribution in [0.15, 0.2) is 84.9 Å². The van der Waals surface area contributed by atoms with E-state index in [1.54, 1.807) is 31.2 Å². The zero-order valence-corrected chi connectivity index (χ0v) is 18.7. The normalized spacial score (nSPS) is 14.4. The predicted molar refractivity (Wildman–Crippen MR) is 126 cm³/mol. The minimum absolute atomic E-state index is 0.0752. The number of ketones is 2. The van der Waals surface area contributed by atoms with Crippen LogP contribution in [0.2, 0.25) is 0 Å². The van der Waals surface area contributed by atoms with Crippen molar-refractivity contribution in [2.75, 3.05) is 0 Å². The Labute approximate surface area is 194 Å². The van der Waals surface area contributed by atoms with Gasteiger partial charge in [0, 0.05) is 29.5 Å². The number of Topliss-reactive ketones (excluding diaryl/α,β-unsaturated/α-hetero) is 1. The molecular formula is C28H28O5. The lowest BCUT2D eigenvalue weighted by Gasteiger charge is -2.31. The monoisotopic (exact) mass is 444 g/mol. The topological polar surface area (TPSA) is 80.7 Å². The Balaban J connectivity index is 0.000000194. The van der Waals surface area contributed by atoms with Crippen LogP contribution in [0.25, 0.3) is 0 Å². The Kier molecular flexibility index (Phi) is 8.28. The van der Waals surface area contributed by atoms with Crippen LogP contribution in [0.1, 0.15) is 63.9 Å². The number of hydrogen-bond donors (Lipinski definition) is 1. The minimum Gasteiger partial charge on any atom is -0.427 e. The maximum Gasteiger partial charge on any atom is 0.382 e. The molecule has 0 radical (unpaired) electrons. The first-order valence-electron chi connectivity index (χ1n) is 11.1. The molecule has 4 rings (SSSR count). The first kappa shape index (κ1) is 24.1. The predicted octanol–water partition coefficient (Wildman–Crippen LogP) is 5.29. The SMILES string of the molecule is Cc1ccccc1C(=O)C(=O)OC1(O)CCCCC1.O=C(c1ccccc1)c1ccccc1. The maximum absolute atomic E-state index is 12.0. The number of carbonyl (C=O) groups is 3. The highest BCUT2D eigenvalue weighted by atomic mass is 16.7. The third-order valence-corrected chi connectivity index (χ3v) is 5.56. The van der Waals surface area contributed by atoms with Gasteiger partial charge in [-0.1, -0.05) is 91.3 Å². The van der Waals surface area contributed by atoms with Gasteiger partial charge >= 0.3 is 5.97 Å². The van der Waals surface area contributed by atoms with Gasteiger partial charge in [-0.3, -0.25) is 9.59 Å². The van der Waals surface area contributed by atoms with E-state index in [1.165, 1.54) is 0 Å². The van der Waals surface area contributed by atoms with Gasteiger partial charge in [0.25, 0.3) is 5.78 Å². The lowest BCUT2D eigenvalue weighted by atomic mass is 9.94. The maximum atomic E-state index is 12.0. The van der Waals surface area contributed by atoms with E-state index in [9.17, 15) is 19.5 Å². The van der Waals surface area contributed by atoms with Gasteiger partial charge in [-0.05, 0) is 25.3 Å². The average molecular weight is 445 g/mol. The summed E-state index contributed by atoms with van der Waals surface area (Å²) in [7, 11) is 0. The second-order valence-corrected chi connectivity index (χ2v) is 8.10. The van der Waals surface area contributed by atoms with Crippen LogP contribution in [-0.2, 0) is 9.53 Å². The van der Waals surface area contributed by atoms with Crippen molar-refractivity contribution in [2.45, 2.75) is 44.8 Å². The molecule has 1 N–H and O–H groups in total.